The molecular weight excluding hydrogens is 284 g/mol. The zero-order valence-corrected chi connectivity index (χ0v) is 13.4. The Morgan fingerprint density at radius 2 is 2.05 bits per heavy atom. The summed E-state index contributed by atoms with van der Waals surface area (Å²) in [5, 5.41) is 6.00. The van der Waals surface area contributed by atoms with Crippen LogP contribution in [0.4, 0.5) is 5.82 Å². The van der Waals surface area contributed by atoms with Crippen molar-refractivity contribution in [3.8, 4) is 0 Å². The Labute approximate surface area is 130 Å². The number of nitrogens with two attached hydrogens (primary N) is 1. The monoisotopic (exact) mass is 306 g/mol. The molecule has 0 aliphatic heterocycles. The van der Waals surface area contributed by atoms with Crippen LogP contribution in [0.1, 0.15) is 49.6 Å². The summed E-state index contributed by atoms with van der Waals surface area (Å²) in [5.41, 5.74) is 11.0. The molecule has 1 aliphatic rings. The summed E-state index contributed by atoms with van der Waals surface area (Å²) >= 11 is 5.82. The first-order valence-corrected chi connectivity index (χ1v) is 8.52. The highest BCUT2D eigenvalue weighted by atomic mass is 35.5. The number of nitrogens with zero attached hydrogens (tertiary/aromatic N) is 3. The van der Waals surface area contributed by atoms with Crippen molar-refractivity contribution >= 4 is 28.3 Å². The van der Waals surface area contributed by atoms with E-state index in [0.29, 0.717) is 5.82 Å². The van der Waals surface area contributed by atoms with Gasteiger partial charge < -0.3 is 5.73 Å². The lowest BCUT2D eigenvalue weighted by molar-refractivity contribution is 0.614. The standard InChI is InChI=1S/C16H23ClN4/c1-2-21-13(9-5-6-10-17)14-11-7-3-4-8-12(11)19-16(18)15(14)20-21/h2-10H2,1H3,(H2,18,19). The van der Waals surface area contributed by atoms with Crippen molar-refractivity contribution < 1.29 is 0 Å². The average Bonchev–Trinajstić information content (AvgIpc) is 2.87. The largest absolute Gasteiger partial charge is 0.382 e. The zero-order chi connectivity index (χ0) is 14.8. The number of alkyl halides is 1. The normalized spacial score (nSPS) is 14.6. The number of halogens is 1. The second-order valence-electron chi connectivity index (χ2n) is 5.76. The van der Waals surface area contributed by atoms with E-state index in [1.165, 1.54) is 35.2 Å². The van der Waals surface area contributed by atoms with Gasteiger partial charge in [0.15, 0.2) is 5.82 Å². The van der Waals surface area contributed by atoms with E-state index in [-0.39, 0.29) is 0 Å². The first kappa shape index (κ1) is 14.6. The number of nitrogen functional groups attached to an aromatic ring is 1. The van der Waals surface area contributed by atoms with Crippen molar-refractivity contribution in [3.63, 3.8) is 0 Å². The molecule has 0 fully saturated rings. The van der Waals surface area contributed by atoms with E-state index in [1.807, 2.05) is 0 Å². The van der Waals surface area contributed by atoms with Gasteiger partial charge in [-0.25, -0.2) is 4.98 Å². The maximum absolute atomic E-state index is 6.16. The molecule has 2 aromatic rings. The van der Waals surface area contributed by atoms with Gasteiger partial charge in [0.25, 0.3) is 0 Å². The number of pyridine rings is 1. The molecule has 4 nitrogen and oxygen atoms in total. The van der Waals surface area contributed by atoms with Crippen LogP contribution in [0.2, 0.25) is 0 Å². The van der Waals surface area contributed by atoms with E-state index >= 15 is 0 Å². The van der Waals surface area contributed by atoms with E-state index in [4.69, 9.17) is 22.4 Å². The fourth-order valence-electron chi connectivity index (χ4n) is 3.38. The van der Waals surface area contributed by atoms with Crippen LogP contribution in [0.25, 0.3) is 10.9 Å². The van der Waals surface area contributed by atoms with Crippen LogP contribution in [0.5, 0.6) is 0 Å². The minimum atomic E-state index is 0.594. The van der Waals surface area contributed by atoms with Crippen LogP contribution in [0.15, 0.2) is 0 Å². The van der Waals surface area contributed by atoms with Gasteiger partial charge in [0.05, 0.1) is 0 Å². The van der Waals surface area contributed by atoms with Crippen molar-refractivity contribution in [1.29, 1.82) is 0 Å². The van der Waals surface area contributed by atoms with Crippen LogP contribution in [0.3, 0.4) is 0 Å². The number of aryl methyl sites for hydroxylation is 4. The van der Waals surface area contributed by atoms with Gasteiger partial charge in [-0.05, 0) is 57.4 Å². The summed E-state index contributed by atoms with van der Waals surface area (Å²) in [6.07, 6.45) is 7.78. The zero-order valence-electron chi connectivity index (χ0n) is 12.7. The summed E-state index contributed by atoms with van der Waals surface area (Å²) in [6.45, 7) is 3.01. The molecule has 0 saturated carbocycles. The SMILES string of the molecule is CCn1nc2c(N)nc3c(c2c1CCCCCl)CCCC3. The number of hydrogen-bond acceptors (Lipinski definition) is 3. The number of hydrogen-bond donors (Lipinski definition) is 1. The highest BCUT2D eigenvalue weighted by Gasteiger charge is 2.22. The van der Waals surface area contributed by atoms with Crippen LogP contribution in [-0.2, 0) is 25.8 Å². The molecule has 0 unspecified atom stereocenters. The maximum atomic E-state index is 6.16. The van der Waals surface area contributed by atoms with Crippen molar-refractivity contribution in [2.45, 2.75) is 58.4 Å². The molecule has 5 heteroatoms. The van der Waals surface area contributed by atoms with E-state index in [0.717, 1.165) is 50.0 Å². The molecule has 0 aromatic carbocycles. The smallest absolute Gasteiger partial charge is 0.152 e. The van der Waals surface area contributed by atoms with Gasteiger partial charge in [-0.15, -0.1) is 11.6 Å². The minimum absolute atomic E-state index is 0.594. The second kappa shape index (κ2) is 6.22. The number of fused-ring (bicyclic) bond motifs is 3. The molecule has 1 aliphatic carbocycles. The summed E-state index contributed by atoms with van der Waals surface area (Å²) in [7, 11) is 0. The van der Waals surface area contributed by atoms with Gasteiger partial charge in [0, 0.05) is 29.2 Å². The van der Waals surface area contributed by atoms with E-state index in [1.54, 1.807) is 0 Å². The Morgan fingerprint density at radius 3 is 2.81 bits per heavy atom. The molecule has 2 N–H and O–H groups in total. The van der Waals surface area contributed by atoms with Gasteiger partial charge in [0.2, 0.25) is 0 Å². The predicted molar refractivity (Wildman–Crippen MR) is 87.9 cm³/mol. The number of rotatable bonds is 5. The number of anilines is 1. The second-order valence-corrected chi connectivity index (χ2v) is 6.14. The molecule has 0 spiro atoms. The Morgan fingerprint density at radius 1 is 1.24 bits per heavy atom. The molecule has 0 saturated heterocycles. The topological polar surface area (TPSA) is 56.7 Å². The third-order valence-corrected chi connectivity index (χ3v) is 4.66. The fourth-order valence-corrected chi connectivity index (χ4v) is 3.57. The van der Waals surface area contributed by atoms with E-state index in [9.17, 15) is 0 Å². The lowest BCUT2D eigenvalue weighted by Crippen LogP contribution is -2.09. The van der Waals surface area contributed by atoms with Crippen LogP contribution < -0.4 is 5.73 Å². The molecule has 114 valence electrons. The summed E-state index contributed by atoms with van der Waals surface area (Å²) < 4.78 is 2.10. The summed E-state index contributed by atoms with van der Waals surface area (Å²) in [4.78, 5) is 4.61. The Balaban J connectivity index is 2.15. The maximum Gasteiger partial charge on any atom is 0.152 e. The molecule has 0 radical (unpaired) electrons. The third kappa shape index (κ3) is 2.61. The Bertz CT molecular complexity index is 647. The highest BCUT2D eigenvalue weighted by molar-refractivity contribution is 6.17. The summed E-state index contributed by atoms with van der Waals surface area (Å²) in [5.74, 6) is 1.32. The van der Waals surface area contributed by atoms with Crippen molar-refractivity contribution in [1.82, 2.24) is 14.8 Å². The number of unbranched alkanes of at least 4 members (excludes halogenated alkanes) is 1. The Hall–Kier alpha value is -1.29. The summed E-state index contributed by atoms with van der Waals surface area (Å²) in [6, 6.07) is 0. The van der Waals surface area contributed by atoms with Gasteiger partial charge in [-0.1, -0.05) is 0 Å². The van der Waals surface area contributed by atoms with Crippen LogP contribution in [0, 0.1) is 0 Å². The predicted octanol–water partition coefficient (Wildman–Crippen LogP) is 3.47. The quantitative estimate of drug-likeness (QED) is 0.679. The molecule has 21 heavy (non-hydrogen) atoms. The third-order valence-electron chi connectivity index (χ3n) is 4.39. The highest BCUT2D eigenvalue weighted by Crippen LogP contribution is 2.33. The van der Waals surface area contributed by atoms with Gasteiger partial charge in [-0.3, -0.25) is 4.68 Å². The van der Waals surface area contributed by atoms with Gasteiger partial charge >= 0.3 is 0 Å². The van der Waals surface area contributed by atoms with Crippen LogP contribution in [-0.4, -0.2) is 20.6 Å². The van der Waals surface area contributed by atoms with Crippen molar-refractivity contribution in [3.05, 3.63) is 17.0 Å². The van der Waals surface area contributed by atoms with Crippen LogP contribution >= 0.6 is 11.6 Å². The average molecular weight is 307 g/mol. The number of aromatic nitrogens is 3. The lowest BCUT2D eigenvalue weighted by atomic mass is 9.92. The molecule has 0 bridgehead atoms. The van der Waals surface area contributed by atoms with E-state index < -0.39 is 0 Å². The minimum Gasteiger partial charge on any atom is -0.382 e. The molecule has 0 atom stereocenters. The van der Waals surface area contributed by atoms with Gasteiger partial charge in [0.1, 0.15) is 5.52 Å². The van der Waals surface area contributed by atoms with Crippen molar-refractivity contribution in [2.24, 2.45) is 0 Å². The first-order valence-electron chi connectivity index (χ1n) is 7.98. The Kier molecular flexibility index (Phi) is 4.34. The fraction of sp³-hybridized carbons (Fsp3) is 0.625. The molecule has 3 rings (SSSR count). The molecular formula is C16H23ClN4. The van der Waals surface area contributed by atoms with Gasteiger partial charge in [-0.2, -0.15) is 5.10 Å². The molecule has 2 aromatic heterocycles. The lowest BCUT2D eigenvalue weighted by Gasteiger charge is -2.17. The van der Waals surface area contributed by atoms with E-state index in [2.05, 4.69) is 16.6 Å². The molecule has 0 amide bonds. The first-order chi connectivity index (χ1) is 10.3. The van der Waals surface area contributed by atoms with Crippen molar-refractivity contribution in [2.75, 3.05) is 11.6 Å². The molecule has 2 heterocycles.